The summed E-state index contributed by atoms with van der Waals surface area (Å²) in [5.74, 6) is 1.43. The van der Waals surface area contributed by atoms with Crippen LogP contribution in [-0.4, -0.2) is 18.0 Å². The van der Waals surface area contributed by atoms with Gasteiger partial charge in [0.2, 0.25) is 5.91 Å². The fourth-order valence-electron chi connectivity index (χ4n) is 2.53. The van der Waals surface area contributed by atoms with Gasteiger partial charge in [0.15, 0.2) is 0 Å². The molecule has 15 heavy (non-hydrogen) atoms. The molecule has 3 unspecified atom stereocenters. The number of amides is 1. The van der Waals surface area contributed by atoms with Gasteiger partial charge in [-0.2, -0.15) is 0 Å². The Morgan fingerprint density at radius 3 is 2.67 bits per heavy atom. The molecule has 0 radical (unpaired) electrons. The second-order valence-corrected chi connectivity index (χ2v) is 5.29. The molecule has 0 bridgehead atoms. The quantitative estimate of drug-likeness (QED) is 0.737. The van der Waals surface area contributed by atoms with E-state index in [2.05, 4.69) is 12.2 Å². The molecule has 1 amide bonds. The Morgan fingerprint density at radius 2 is 2.13 bits per heavy atom. The first kappa shape index (κ1) is 10.9. The van der Waals surface area contributed by atoms with E-state index in [1.807, 2.05) is 0 Å². The highest BCUT2D eigenvalue weighted by molar-refractivity contribution is 5.77. The van der Waals surface area contributed by atoms with E-state index in [9.17, 15) is 4.79 Å². The van der Waals surface area contributed by atoms with E-state index < -0.39 is 0 Å². The number of hydrogen-bond acceptors (Lipinski definition) is 2. The van der Waals surface area contributed by atoms with Crippen LogP contribution in [0.4, 0.5) is 0 Å². The second kappa shape index (κ2) is 4.52. The highest BCUT2D eigenvalue weighted by atomic mass is 16.1. The van der Waals surface area contributed by atoms with Crippen molar-refractivity contribution >= 4 is 5.91 Å². The average Bonchev–Trinajstić information content (AvgIpc) is 2.94. The Balaban J connectivity index is 1.71. The number of carbonyl (C=O) groups excluding carboxylic acids is 1. The zero-order valence-electron chi connectivity index (χ0n) is 9.54. The van der Waals surface area contributed by atoms with E-state index >= 15 is 0 Å². The van der Waals surface area contributed by atoms with Crippen molar-refractivity contribution in [3.63, 3.8) is 0 Å². The maximum Gasteiger partial charge on any atom is 0.221 e. The van der Waals surface area contributed by atoms with Crippen LogP contribution in [-0.2, 0) is 4.79 Å². The molecular formula is C12H22N2O. The molecule has 3 heteroatoms. The number of nitrogens with one attached hydrogen (secondary N) is 1. The summed E-state index contributed by atoms with van der Waals surface area (Å²) in [7, 11) is 0. The van der Waals surface area contributed by atoms with Gasteiger partial charge in [-0.25, -0.2) is 0 Å². The van der Waals surface area contributed by atoms with Gasteiger partial charge in [0.05, 0.1) is 0 Å². The minimum absolute atomic E-state index is 0.0988. The van der Waals surface area contributed by atoms with Crippen molar-refractivity contribution in [1.29, 1.82) is 0 Å². The Labute approximate surface area is 91.8 Å². The van der Waals surface area contributed by atoms with Crippen LogP contribution in [0, 0.1) is 11.8 Å². The van der Waals surface area contributed by atoms with Gasteiger partial charge < -0.3 is 11.1 Å². The van der Waals surface area contributed by atoms with Crippen LogP contribution in [0.2, 0.25) is 0 Å². The third-order valence-corrected chi connectivity index (χ3v) is 3.86. The van der Waals surface area contributed by atoms with Crippen molar-refractivity contribution in [3.05, 3.63) is 0 Å². The molecule has 0 aliphatic heterocycles. The monoisotopic (exact) mass is 210 g/mol. The Bertz CT molecular complexity index is 238. The fourth-order valence-corrected chi connectivity index (χ4v) is 2.53. The summed E-state index contributed by atoms with van der Waals surface area (Å²) in [6.45, 7) is 2.22. The van der Waals surface area contributed by atoms with Gasteiger partial charge in [-0.1, -0.05) is 13.3 Å². The maximum atomic E-state index is 11.7. The van der Waals surface area contributed by atoms with E-state index in [0.717, 1.165) is 6.42 Å². The molecule has 2 fully saturated rings. The first-order valence-corrected chi connectivity index (χ1v) is 6.21. The van der Waals surface area contributed by atoms with Crippen molar-refractivity contribution in [1.82, 2.24) is 5.32 Å². The van der Waals surface area contributed by atoms with Gasteiger partial charge in [0.1, 0.15) is 0 Å². The molecule has 2 saturated carbocycles. The summed E-state index contributed by atoms with van der Waals surface area (Å²) in [5.41, 5.74) is 5.93. The summed E-state index contributed by atoms with van der Waals surface area (Å²) in [6.07, 6.45) is 6.60. The molecule has 0 spiro atoms. The van der Waals surface area contributed by atoms with Crippen molar-refractivity contribution in [2.24, 2.45) is 17.6 Å². The highest BCUT2D eigenvalue weighted by Gasteiger charge is 2.31. The summed E-state index contributed by atoms with van der Waals surface area (Å²) in [6, 6.07) is 0.505. The normalized spacial score (nSPS) is 32.7. The number of carbonyl (C=O) groups is 1. The molecule has 86 valence electrons. The molecule has 3 nitrogen and oxygen atoms in total. The third-order valence-electron chi connectivity index (χ3n) is 3.86. The van der Waals surface area contributed by atoms with Crippen molar-refractivity contribution < 1.29 is 4.79 Å². The van der Waals surface area contributed by atoms with E-state index in [1.165, 1.54) is 25.7 Å². The standard InChI is InChI=1S/C12H22N2O/c1-8-3-2-4-11(8)14-12(15)7-10(13)9-5-6-9/h8-11H,2-7,13H2,1H3,(H,14,15). The first-order valence-electron chi connectivity index (χ1n) is 6.21. The number of rotatable bonds is 4. The molecule has 0 heterocycles. The van der Waals surface area contributed by atoms with E-state index in [0.29, 0.717) is 24.3 Å². The lowest BCUT2D eigenvalue weighted by atomic mass is 10.1. The van der Waals surface area contributed by atoms with E-state index in [1.54, 1.807) is 0 Å². The highest BCUT2D eigenvalue weighted by Crippen LogP contribution is 2.33. The van der Waals surface area contributed by atoms with E-state index in [4.69, 9.17) is 5.73 Å². The van der Waals surface area contributed by atoms with Crippen molar-refractivity contribution in [2.75, 3.05) is 0 Å². The average molecular weight is 210 g/mol. The molecule has 2 rings (SSSR count). The smallest absolute Gasteiger partial charge is 0.221 e. The fraction of sp³-hybridized carbons (Fsp3) is 0.917. The Morgan fingerprint density at radius 1 is 1.40 bits per heavy atom. The molecule has 3 atom stereocenters. The zero-order chi connectivity index (χ0) is 10.8. The van der Waals surface area contributed by atoms with Gasteiger partial charge in [0.25, 0.3) is 0 Å². The summed E-state index contributed by atoms with van der Waals surface area (Å²) < 4.78 is 0. The molecular weight excluding hydrogens is 188 g/mol. The van der Waals surface area contributed by atoms with Gasteiger partial charge in [-0.15, -0.1) is 0 Å². The lowest BCUT2D eigenvalue weighted by Crippen LogP contribution is -2.40. The van der Waals surface area contributed by atoms with Crippen molar-refractivity contribution in [2.45, 2.75) is 57.5 Å². The lowest BCUT2D eigenvalue weighted by molar-refractivity contribution is -0.122. The molecule has 0 saturated heterocycles. The van der Waals surface area contributed by atoms with Crippen LogP contribution in [0.25, 0.3) is 0 Å². The first-order chi connectivity index (χ1) is 7.16. The Kier molecular flexibility index (Phi) is 3.29. The molecule has 0 aromatic heterocycles. The second-order valence-electron chi connectivity index (χ2n) is 5.29. The van der Waals surface area contributed by atoms with Crippen LogP contribution in [0.3, 0.4) is 0 Å². The summed E-state index contributed by atoms with van der Waals surface area (Å²) in [5, 5.41) is 3.12. The van der Waals surface area contributed by atoms with Gasteiger partial charge in [-0.3, -0.25) is 4.79 Å². The molecule has 0 aromatic rings. The van der Waals surface area contributed by atoms with Crippen LogP contribution in [0.5, 0.6) is 0 Å². The number of nitrogens with two attached hydrogens (primary N) is 1. The van der Waals surface area contributed by atoms with Crippen LogP contribution in [0.15, 0.2) is 0 Å². The predicted molar refractivity (Wildman–Crippen MR) is 60.3 cm³/mol. The van der Waals surface area contributed by atoms with E-state index in [-0.39, 0.29) is 11.9 Å². The molecule has 3 N–H and O–H groups in total. The summed E-state index contributed by atoms with van der Waals surface area (Å²) in [4.78, 5) is 11.7. The topological polar surface area (TPSA) is 55.1 Å². The largest absolute Gasteiger partial charge is 0.353 e. The molecule has 2 aliphatic carbocycles. The van der Waals surface area contributed by atoms with Crippen molar-refractivity contribution in [3.8, 4) is 0 Å². The van der Waals surface area contributed by atoms with Crippen LogP contribution in [0.1, 0.15) is 45.4 Å². The van der Waals surface area contributed by atoms with Gasteiger partial charge in [-0.05, 0) is 37.5 Å². The SMILES string of the molecule is CC1CCCC1NC(=O)CC(N)C1CC1. The molecule has 0 aromatic carbocycles. The minimum Gasteiger partial charge on any atom is -0.353 e. The lowest BCUT2D eigenvalue weighted by Gasteiger charge is -2.18. The Hall–Kier alpha value is -0.570. The van der Waals surface area contributed by atoms with Gasteiger partial charge in [0, 0.05) is 18.5 Å². The molecule has 2 aliphatic rings. The van der Waals surface area contributed by atoms with Crippen LogP contribution < -0.4 is 11.1 Å². The minimum atomic E-state index is 0.0988. The predicted octanol–water partition coefficient (Wildman–Crippen LogP) is 1.42. The summed E-state index contributed by atoms with van der Waals surface area (Å²) >= 11 is 0. The zero-order valence-corrected chi connectivity index (χ0v) is 9.54. The number of hydrogen-bond donors (Lipinski definition) is 2. The van der Waals surface area contributed by atoms with Gasteiger partial charge >= 0.3 is 0 Å². The van der Waals surface area contributed by atoms with Crippen LogP contribution >= 0.6 is 0 Å². The third kappa shape index (κ3) is 2.94. The maximum absolute atomic E-state index is 11.7.